The number of carboxylic acid groups (broad SMARTS) is 1. The standard InChI is InChI=1S/C9H7FN2O2/c1-5-7(10)2-3-8-6(9(13)14)4-11-12(5)8/h2-4H,1H3,(H,13,14). The van der Waals surface area contributed by atoms with Crippen LogP contribution in [-0.4, -0.2) is 20.7 Å². The summed E-state index contributed by atoms with van der Waals surface area (Å²) in [6, 6.07) is 2.64. The van der Waals surface area contributed by atoms with Crippen molar-refractivity contribution in [2.24, 2.45) is 0 Å². The minimum Gasteiger partial charge on any atom is -0.478 e. The topological polar surface area (TPSA) is 54.6 Å². The second-order valence-corrected chi connectivity index (χ2v) is 2.93. The van der Waals surface area contributed by atoms with Crippen molar-refractivity contribution < 1.29 is 14.3 Å². The van der Waals surface area contributed by atoms with Gasteiger partial charge < -0.3 is 5.11 Å². The van der Waals surface area contributed by atoms with E-state index in [1.807, 2.05) is 0 Å². The van der Waals surface area contributed by atoms with Gasteiger partial charge in [-0.2, -0.15) is 5.10 Å². The van der Waals surface area contributed by atoms with Gasteiger partial charge in [0, 0.05) is 0 Å². The monoisotopic (exact) mass is 194 g/mol. The maximum Gasteiger partial charge on any atom is 0.339 e. The third-order valence-corrected chi connectivity index (χ3v) is 2.09. The van der Waals surface area contributed by atoms with E-state index in [2.05, 4.69) is 5.10 Å². The molecule has 4 nitrogen and oxygen atoms in total. The molecule has 5 heteroatoms. The Labute approximate surface area is 78.6 Å². The first-order chi connectivity index (χ1) is 6.61. The number of fused-ring (bicyclic) bond motifs is 1. The largest absolute Gasteiger partial charge is 0.478 e. The van der Waals surface area contributed by atoms with Crippen LogP contribution in [0.3, 0.4) is 0 Å². The van der Waals surface area contributed by atoms with Crippen molar-refractivity contribution in [3.8, 4) is 0 Å². The predicted octanol–water partition coefficient (Wildman–Crippen LogP) is 1.48. The SMILES string of the molecule is Cc1c(F)ccc2c(C(=O)O)cnn12. The highest BCUT2D eigenvalue weighted by molar-refractivity contribution is 5.95. The molecule has 72 valence electrons. The van der Waals surface area contributed by atoms with Crippen LogP contribution < -0.4 is 0 Å². The molecule has 0 radical (unpaired) electrons. The van der Waals surface area contributed by atoms with Crippen LogP contribution in [0.15, 0.2) is 18.3 Å². The third-order valence-electron chi connectivity index (χ3n) is 2.09. The third kappa shape index (κ3) is 1.06. The van der Waals surface area contributed by atoms with Crippen LogP contribution in [0, 0.1) is 12.7 Å². The number of hydrogen-bond acceptors (Lipinski definition) is 2. The fourth-order valence-electron chi connectivity index (χ4n) is 1.32. The molecule has 2 aromatic heterocycles. The van der Waals surface area contributed by atoms with Crippen molar-refractivity contribution in [2.45, 2.75) is 6.92 Å². The zero-order valence-corrected chi connectivity index (χ0v) is 7.36. The highest BCUT2D eigenvalue weighted by atomic mass is 19.1. The van der Waals surface area contributed by atoms with Gasteiger partial charge in [-0.1, -0.05) is 0 Å². The lowest BCUT2D eigenvalue weighted by molar-refractivity contribution is 0.0699. The first-order valence-corrected chi connectivity index (χ1v) is 3.97. The molecule has 1 N–H and O–H groups in total. The van der Waals surface area contributed by atoms with Crippen molar-refractivity contribution in [2.75, 3.05) is 0 Å². The van der Waals surface area contributed by atoms with Crippen LogP contribution in [0.1, 0.15) is 16.1 Å². The molecule has 0 aliphatic carbocycles. The number of carboxylic acids is 1. The number of pyridine rings is 1. The van der Waals surface area contributed by atoms with E-state index in [9.17, 15) is 9.18 Å². The van der Waals surface area contributed by atoms with Gasteiger partial charge in [0.2, 0.25) is 0 Å². The Morgan fingerprint density at radius 2 is 2.29 bits per heavy atom. The summed E-state index contributed by atoms with van der Waals surface area (Å²) in [6.45, 7) is 1.54. The van der Waals surface area contributed by atoms with Gasteiger partial charge in [-0.05, 0) is 19.1 Å². The Morgan fingerprint density at radius 1 is 1.57 bits per heavy atom. The van der Waals surface area contributed by atoms with Crippen LogP contribution in [-0.2, 0) is 0 Å². The normalized spacial score (nSPS) is 10.7. The van der Waals surface area contributed by atoms with Gasteiger partial charge in [-0.3, -0.25) is 0 Å². The molecular formula is C9H7FN2O2. The molecule has 2 aromatic rings. The van der Waals surface area contributed by atoms with Gasteiger partial charge in [0.25, 0.3) is 0 Å². The number of aromatic nitrogens is 2. The average molecular weight is 194 g/mol. The van der Waals surface area contributed by atoms with Crippen LogP contribution in [0.4, 0.5) is 4.39 Å². The van der Waals surface area contributed by atoms with Gasteiger partial charge in [0.05, 0.1) is 17.4 Å². The smallest absolute Gasteiger partial charge is 0.339 e. The summed E-state index contributed by atoms with van der Waals surface area (Å²) in [6.07, 6.45) is 1.21. The molecule has 0 bridgehead atoms. The van der Waals surface area contributed by atoms with Gasteiger partial charge in [-0.15, -0.1) is 0 Å². The summed E-state index contributed by atoms with van der Waals surface area (Å²) in [5, 5.41) is 12.6. The molecule has 0 amide bonds. The summed E-state index contributed by atoms with van der Waals surface area (Å²) >= 11 is 0. The number of aryl methyl sites for hydroxylation is 1. The molecule has 0 saturated heterocycles. The lowest BCUT2D eigenvalue weighted by Crippen LogP contribution is -1.99. The van der Waals surface area contributed by atoms with E-state index in [1.54, 1.807) is 6.92 Å². The Kier molecular flexibility index (Phi) is 1.73. The lowest BCUT2D eigenvalue weighted by atomic mass is 10.2. The molecule has 2 rings (SSSR count). The zero-order chi connectivity index (χ0) is 10.3. The highest BCUT2D eigenvalue weighted by Crippen LogP contribution is 2.14. The van der Waals surface area contributed by atoms with E-state index in [0.29, 0.717) is 11.2 Å². The van der Waals surface area contributed by atoms with Crippen molar-refractivity contribution in [1.29, 1.82) is 0 Å². The summed E-state index contributed by atoms with van der Waals surface area (Å²) in [5.41, 5.74) is 0.777. The average Bonchev–Trinajstić information content (AvgIpc) is 2.55. The quantitative estimate of drug-likeness (QED) is 0.748. The van der Waals surface area contributed by atoms with E-state index in [0.717, 1.165) is 0 Å². The van der Waals surface area contributed by atoms with E-state index < -0.39 is 11.8 Å². The molecule has 0 saturated carbocycles. The Hall–Kier alpha value is -1.91. The number of halogens is 1. The molecule has 14 heavy (non-hydrogen) atoms. The second-order valence-electron chi connectivity index (χ2n) is 2.93. The van der Waals surface area contributed by atoms with Crippen molar-refractivity contribution in [3.05, 3.63) is 35.4 Å². The van der Waals surface area contributed by atoms with Crippen LogP contribution in [0.2, 0.25) is 0 Å². The molecule has 0 fully saturated rings. The molecule has 0 atom stereocenters. The van der Waals surface area contributed by atoms with Gasteiger partial charge in [-0.25, -0.2) is 13.7 Å². The summed E-state index contributed by atoms with van der Waals surface area (Å²) in [5.74, 6) is -1.47. The maximum absolute atomic E-state index is 13.1. The van der Waals surface area contributed by atoms with Crippen LogP contribution >= 0.6 is 0 Å². The first-order valence-electron chi connectivity index (χ1n) is 3.97. The highest BCUT2D eigenvalue weighted by Gasteiger charge is 2.13. The number of aromatic carboxylic acids is 1. The molecule has 0 aliphatic rings. The second kappa shape index (κ2) is 2.80. The maximum atomic E-state index is 13.1. The minimum atomic E-state index is -1.06. The fourth-order valence-corrected chi connectivity index (χ4v) is 1.32. The minimum absolute atomic E-state index is 0.0769. The Balaban J connectivity index is 2.83. The number of carbonyl (C=O) groups is 1. The van der Waals surface area contributed by atoms with E-state index >= 15 is 0 Å². The Bertz CT molecular complexity index is 519. The fraction of sp³-hybridized carbons (Fsp3) is 0.111. The molecule has 0 unspecified atom stereocenters. The lowest BCUT2D eigenvalue weighted by Gasteiger charge is -1.99. The van der Waals surface area contributed by atoms with Crippen LogP contribution in [0.25, 0.3) is 5.52 Å². The summed E-state index contributed by atoms with van der Waals surface area (Å²) in [4.78, 5) is 10.7. The summed E-state index contributed by atoms with van der Waals surface area (Å²) < 4.78 is 14.3. The number of rotatable bonds is 1. The van der Waals surface area contributed by atoms with Crippen molar-refractivity contribution >= 4 is 11.5 Å². The Morgan fingerprint density at radius 3 is 2.93 bits per heavy atom. The molecule has 2 heterocycles. The molecule has 0 aliphatic heterocycles. The van der Waals surface area contributed by atoms with E-state index in [1.165, 1.54) is 22.8 Å². The van der Waals surface area contributed by atoms with Crippen molar-refractivity contribution in [3.63, 3.8) is 0 Å². The number of nitrogens with zero attached hydrogens (tertiary/aromatic N) is 2. The van der Waals surface area contributed by atoms with Crippen molar-refractivity contribution in [1.82, 2.24) is 9.61 Å². The predicted molar refractivity (Wildman–Crippen MR) is 46.8 cm³/mol. The number of hydrogen-bond donors (Lipinski definition) is 1. The van der Waals surface area contributed by atoms with Gasteiger partial charge in [0.1, 0.15) is 11.4 Å². The molecule has 0 spiro atoms. The van der Waals surface area contributed by atoms with E-state index in [4.69, 9.17) is 5.11 Å². The summed E-state index contributed by atoms with van der Waals surface area (Å²) in [7, 11) is 0. The molecule has 0 aromatic carbocycles. The van der Waals surface area contributed by atoms with Gasteiger partial charge in [0.15, 0.2) is 0 Å². The van der Waals surface area contributed by atoms with Crippen LogP contribution in [0.5, 0.6) is 0 Å². The van der Waals surface area contributed by atoms with Gasteiger partial charge >= 0.3 is 5.97 Å². The van der Waals surface area contributed by atoms with E-state index in [-0.39, 0.29) is 5.56 Å². The molecular weight excluding hydrogens is 187 g/mol. The zero-order valence-electron chi connectivity index (χ0n) is 7.36. The first kappa shape index (κ1) is 8.68.